The van der Waals surface area contributed by atoms with Crippen LogP contribution in [-0.2, 0) is 28.7 Å². The Kier molecular flexibility index (Phi) is 11.2. The van der Waals surface area contributed by atoms with Crippen LogP contribution < -0.4 is 5.32 Å². The van der Waals surface area contributed by atoms with Crippen LogP contribution in [0.1, 0.15) is 53.9 Å². The summed E-state index contributed by atoms with van der Waals surface area (Å²) in [5.74, 6) is -3.89. The minimum Gasteiger partial charge on any atom is -0.497 e. The van der Waals surface area contributed by atoms with Gasteiger partial charge in [0.2, 0.25) is 5.91 Å². The molecule has 0 aromatic carbocycles. The molecule has 0 radical (unpaired) electrons. The highest BCUT2D eigenvalue weighted by Crippen LogP contribution is 2.26. The number of aliphatic hydroxyl groups is 2. The van der Waals surface area contributed by atoms with Crippen LogP contribution in [0.3, 0.4) is 0 Å². The fourth-order valence-electron chi connectivity index (χ4n) is 3.65. The molecule has 0 saturated heterocycles. The van der Waals surface area contributed by atoms with Crippen molar-refractivity contribution in [3.8, 4) is 0 Å². The molecule has 1 heterocycles. The Morgan fingerprint density at radius 3 is 2.30 bits per heavy atom. The van der Waals surface area contributed by atoms with Gasteiger partial charge in [-0.1, -0.05) is 13.8 Å². The van der Waals surface area contributed by atoms with E-state index in [9.17, 15) is 29.4 Å². The van der Waals surface area contributed by atoms with Crippen LogP contribution in [0.4, 0.5) is 0 Å². The van der Waals surface area contributed by atoms with E-state index in [4.69, 9.17) is 14.6 Å². The number of nitrogens with one attached hydrogen (secondary N) is 1. The summed E-state index contributed by atoms with van der Waals surface area (Å²) < 4.78 is 10.6. The summed E-state index contributed by atoms with van der Waals surface area (Å²) in [6.07, 6.45) is -0.255. The standard InChI is InChI=1S/C23H35NO9/c1-6-16(23(31)22(30)13(3)14(4)25)12(2)11-33-21(29)9-18(24-15(5)26)17-7-8-32-19(17)10-20(27)28/h7-8,13-14,17-19,23,25,31H,6,9-11H2,1-5H3,(H,24,26)(H,27,28)/b16-12+/t13?,14-,17?,18+,19?,23+/m0/s1. The highest BCUT2D eigenvalue weighted by Gasteiger charge is 2.35. The summed E-state index contributed by atoms with van der Waals surface area (Å²) in [5, 5.41) is 31.8. The molecule has 0 spiro atoms. The van der Waals surface area contributed by atoms with Crippen LogP contribution in [0.15, 0.2) is 23.5 Å². The maximum Gasteiger partial charge on any atom is 0.308 e. The number of aliphatic carboxylic acids is 1. The third-order valence-electron chi connectivity index (χ3n) is 5.75. The second-order valence-corrected chi connectivity index (χ2v) is 8.34. The number of hydrogen-bond donors (Lipinski definition) is 4. The molecule has 4 N–H and O–H groups in total. The van der Waals surface area contributed by atoms with Crippen molar-refractivity contribution in [2.24, 2.45) is 11.8 Å². The zero-order valence-electron chi connectivity index (χ0n) is 19.7. The smallest absolute Gasteiger partial charge is 0.308 e. The molecule has 0 fully saturated rings. The first-order valence-electron chi connectivity index (χ1n) is 10.9. The van der Waals surface area contributed by atoms with Crippen LogP contribution in [0.5, 0.6) is 0 Å². The normalized spacial score (nSPS) is 21.8. The Bertz CT molecular complexity index is 787. The minimum absolute atomic E-state index is 0.169. The van der Waals surface area contributed by atoms with Crippen LogP contribution in [0.2, 0.25) is 0 Å². The third-order valence-corrected chi connectivity index (χ3v) is 5.75. The van der Waals surface area contributed by atoms with Crippen molar-refractivity contribution in [3.05, 3.63) is 23.5 Å². The number of Topliss-reactive ketones (excluding diaryl/α,β-unsaturated/α-hetero) is 1. The van der Waals surface area contributed by atoms with Crippen LogP contribution in [0.25, 0.3) is 0 Å². The SMILES string of the molecule is CC/C(=C(/C)COC(=O)C[C@@H](NC(C)=O)C1C=COC1CC(=O)O)[C@@H](O)C(=O)C(C)[C@H](C)O. The first-order valence-corrected chi connectivity index (χ1v) is 10.9. The first-order chi connectivity index (χ1) is 15.4. The van der Waals surface area contributed by atoms with E-state index < -0.39 is 53.9 Å². The zero-order valence-corrected chi connectivity index (χ0v) is 19.7. The van der Waals surface area contributed by atoms with E-state index in [-0.39, 0.29) is 25.4 Å². The van der Waals surface area contributed by atoms with Crippen LogP contribution >= 0.6 is 0 Å². The van der Waals surface area contributed by atoms with Gasteiger partial charge in [0, 0.05) is 24.8 Å². The number of carboxylic acids is 1. The molecule has 10 heteroatoms. The lowest BCUT2D eigenvalue weighted by Crippen LogP contribution is -2.44. The Labute approximate surface area is 193 Å². The third kappa shape index (κ3) is 8.62. The zero-order chi connectivity index (χ0) is 25.3. The van der Waals surface area contributed by atoms with E-state index in [1.807, 2.05) is 0 Å². The van der Waals surface area contributed by atoms with Crippen molar-refractivity contribution in [2.45, 2.75) is 78.2 Å². The van der Waals surface area contributed by atoms with Gasteiger partial charge in [0.05, 0.1) is 25.2 Å². The lowest BCUT2D eigenvalue weighted by Gasteiger charge is -2.26. The van der Waals surface area contributed by atoms with Crippen molar-refractivity contribution in [3.63, 3.8) is 0 Å². The monoisotopic (exact) mass is 469 g/mol. The quantitative estimate of drug-likeness (QED) is 0.229. The molecular formula is C23H35NO9. The molecule has 1 rings (SSSR count). The number of carbonyl (C=O) groups is 4. The first kappa shape index (κ1) is 28.3. The largest absolute Gasteiger partial charge is 0.497 e. The fourth-order valence-corrected chi connectivity index (χ4v) is 3.65. The lowest BCUT2D eigenvalue weighted by molar-refractivity contribution is -0.143. The molecule has 1 amide bonds. The number of rotatable bonds is 13. The molecule has 3 unspecified atom stereocenters. The number of esters is 1. The number of carboxylic acid groups (broad SMARTS) is 1. The van der Waals surface area contributed by atoms with Crippen LogP contribution in [0, 0.1) is 11.8 Å². The Morgan fingerprint density at radius 2 is 1.79 bits per heavy atom. The second-order valence-electron chi connectivity index (χ2n) is 8.34. The predicted octanol–water partition coefficient (Wildman–Crippen LogP) is 1.10. The Hall–Kier alpha value is -2.72. The molecule has 6 atom stereocenters. The van der Waals surface area contributed by atoms with Gasteiger partial charge in [-0.2, -0.15) is 0 Å². The maximum atomic E-state index is 12.5. The number of amides is 1. The van der Waals surface area contributed by atoms with Crippen molar-refractivity contribution in [2.75, 3.05) is 6.61 Å². The van der Waals surface area contributed by atoms with E-state index >= 15 is 0 Å². The van der Waals surface area contributed by atoms with E-state index in [1.165, 1.54) is 27.0 Å². The Balaban J connectivity index is 2.86. The van der Waals surface area contributed by atoms with Gasteiger partial charge in [-0.15, -0.1) is 0 Å². The molecule has 0 bridgehead atoms. The van der Waals surface area contributed by atoms with Crippen molar-refractivity contribution < 1.29 is 44.0 Å². The van der Waals surface area contributed by atoms with E-state index in [0.29, 0.717) is 17.6 Å². The number of hydrogen-bond acceptors (Lipinski definition) is 8. The lowest BCUT2D eigenvalue weighted by atomic mass is 9.90. The molecule has 10 nitrogen and oxygen atoms in total. The van der Waals surface area contributed by atoms with E-state index in [1.54, 1.807) is 19.9 Å². The molecular weight excluding hydrogens is 434 g/mol. The summed E-state index contributed by atoms with van der Waals surface area (Å²) in [6.45, 7) is 7.51. The van der Waals surface area contributed by atoms with Crippen molar-refractivity contribution >= 4 is 23.6 Å². The summed E-state index contributed by atoms with van der Waals surface area (Å²) in [5.41, 5.74) is 0.917. The molecule has 0 aliphatic carbocycles. The van der Waals surface area contributed by atoms with Gasteiger partial charge >= 0.3 is 11.9 Å². The van der Waals surface area contributed by atoms with Gasteiger partial charge in [0.25, 0.3) is 0 Å². The molecule has 33 heavy (non-hydrogen) atoms. The molecule has 0 saturated carbocycles. The van der Waals surface area contributed by atoms with Gasteiger partial charge in [-0.25, -0.2) is 0 Å². The predicted molar refractivity (Wildman–Crippen MR) is 118 cm³/mol. The van der Waals surface area contributed by atoms with Gasteiger partial charge in [-0.05, 0) is 37.5 Å². The molecule has 0 aromatic rings. The average Bonchev–Trinajstić information content (AvgIpc) is 3.17. The van der Waals surface area contributed by atoms with E-state index in [0.717, 1.165) is 0 Å². The number of carbonyl (C=O) groups excluding carboxylic acids is 3. The number of ketones is 1. The highest BCUT2D eigenvalue weighted by atomic mass is 16.5. The molecule has 186 valence electrons. The minimum atomic E-state index is -1.41. The second kappa shape index (κ2) is 13.1. The number of aliphatic hydroxyl groups excluding tert-OH is 2. The van der Waals surface area contributed by atoms with E-state index in [2.05, 4.69) is 5.32 Å². The van der Waals surface area contributed by atoms with Gasteiger partial charge < -0.3 is 30.1 Å². The summed E-state index contributed by atoms with van der Waals surface area (Å²) in [7, 11) is 0. The molecule has 1 aliphatic rings. The summed E-state index contributed by atoms with van der Waals surface area (Å²) in [6, 6.07) is -0.730. The average molecular weight is 470 g/mol. The van der Waals surface area contributed by atoms with Crippen molar-refractivity contribution in [1.29, 1.82) is 0 Å². The fraction of sp³-hybridized carbons (Fsp3) is 0.652. The van der Waals surface area contributed by atoms with Gasteiger partial charge in [-0.3, -0.25) is 19.2 Å². The highest BCUT2D eigenvalue weighted by molar-refractivity contribution is 5.88. The molecule has 0 aromatic heterocycles. The maximum absolute atomic E-state index is 12.5. The van der Waals surface area contributed by atoms with Crippen molar-refractivity contribution in [1.82, 2.24) is 5.32 Å². The Morgan fingerprint density at radius 1 is 1.15 bits per heavy atom. The summed E-state index contributed by atoms with van der Waals surface area (Å²) in [4.78, 5) is 47.6. The summed E-state index contributed by atoms with van der Waals surface area (Å²) >= 11 is 0. The van der Waals surface area contributed by atoms with Crippen LogP contribution in [-0.4, -0.2) is 69.9 Å². The topological polar surface area (TPSA) is 159 Å². The number of ether oxygens (including phenoxy) is 2. The molecule has 1 aliphatic heterocycles. The van der Waals surface area contributed by atoms with Gasteiger partial charge in [0.1, 0.15) is 18.8 Å². The van der Waals surface area contributed by atoms with Gasteiger partial charge in [0.15, 0.2) is 5.78 Å².